The lowest BCUT2D eigenvalue weighted by Crippen LogP contribution is -1.88. The van der Waals surface area contributed by atoms with Crippen LogP contribution >= 0.6 is 0 Å². The molecule has 0 atom stereocenters. The van der Waals surface area contributed by atoms with Crippen LogP contribution in [0.1, 0.15) is 45.9 Å². The van der Waals surface area contributed by atoms with Gasteiger partial charge in [0.15, 0.2) is 0 Å². The topological polar surface area (TPSA) is 0 Å². The minimum Gasteiger partial charge on any atom is -0.0617 e. The Kier molecular flexibility index (Phi) is 6.01. The van der Waals surface area contributed by atoms with E-state index in [2.05, 4.69) is 78.8 Å². The van der Waals surface area contributed by atoms with Crippen LogP contribution in [0.2, 0.25) is 0 Å². The highest BCUT2D eigenvalue weighted by Gasteiger charge is 1.97. The van der Waals surface area contributed by atoms with Crippen molar-refractivity contribution < 1.29 is 0 Å². The van der Waals surface area contributed by atoms with Crippen LogP contribution in [0.15, 0.2) is 30.3 Å². The van der Waals surface area contributed by atoms with Crippen LogP contribution in [0.5, 0.6) is 0 Å². The molecule has 0 N–H and O–H groups in total. The second kappa shape index (κ2) is 7.28. The number of rotatable bonds is 1. The summed E-state index contributed by atoms with van der Waals surface area (Å²) in [5.41, 5.74) is 9.97. The Balaban J connectivity index is 0.000000200. The third-order valence-corrected chi connectivity index (χ3v) is 4.43. The summed E-state index contributed by atoms with van der Waals surface area (Å²) in [6.45, 7) is 15.2. The molecule has 0 radical (unpaired) electrons. The third kappa shape index (κ3) is 3.96. The van der Waals surface area contributed by atoms with Gasteiger partial charge >= 0.3 is 0 Å². The van der Waals surface area contributed by atoms with E-state index in [1.807, 2.05) is 0 Å². The Labute approximate surface area is 124 Å². The minimum atomic E-state index is 1.15. The van der Waals surface area contributed by atoms with Gasteiger partial charge in [-0.3, -0.25) is 0 Å². The normalized spacial score (nSPS) is 9.95. The van der Waals surface area contributed by atoms with Crippen molar-refractivity contribution in [3.8, 4) is 0 Å². The molecule has 0 bridgehead atoms. The van der Waals surface area contributed by atoms with Gasteiger partial charge in [-0.2, -0.15) is 0 Å². The van der Waals surface area contributed by atoms with Gasteiger partial charge in [-0.1, -0.05) is 37.3 Å². The molecule has 108 valence electrons. The summed E-state index contributed by atoms with van der Waals surface area (Å²) in [6.07, 6.45) is 1.15. The predicted molar refractivity (Wildman–Crippen MR) is 90.7 cm³/mol. The van der Waals surface area contributed by atoms with Crippen molar-refractivity contribution in [2.24, 2.45) is 0 Å². The first-order valence-electron chi connectivity index (χ1n) is 7.47. The van der Waals surface area contributed by atoms with E-state index in [1.54, 1.807) is 0 Å². The lowest BCUT2D eigenvalue weighted by atomic mass is 10.0. The van der Waals surface area contributed by atoms with E-state index in [1.165, 1.54) is 38.9 Å². The Morgan fingerprint density at radius 3 is 1.45 bits per heavy atom. The molecule has 20 heavy (non-hydrogen) atoms. The highest BCUT2D eigenvalue weighted by Crippen LogP contribution is 2.15. The largest absolute Gasteiger partial charge is 0.0617 e. The molecular formula is C20H28. The molecule has 0 heterocycles. The molecular weight excluding hydrogens is 240 g/mol. The average Bonchev–Trinajstić information content (AvgIpc) is 2.44. The summed E-state index contributed by atoms with van der Waals surface area (Å²) >= 11 is 0. The Morgan fingerprint density at radius 2 is 1.05 bits per heavy atom. The Bertz CT molecular complexity index is 550. The van der Waals surface area contributed by atoms with Crippen molar-refractivity contribution in [1.29, 1.82) is 0 Å². The summed E-state index contributed by atoms with van der Waals surface area (Å²) in [6, 6.07) is 10.8. The molecule has 0 aliphatic rings. The number of hydrogen-bond donors (Lipinski definition) is 0. The van der Waals surface area contributed by atoms with E-state index in [0.29, 0.717) is 0 Å². The molecule has 0 spiro atoms. The van der Waals surface area contributed by atoms with Crippen molar-refractivity contribution in [2.45, 2.75) is 54.9 Å². The van der Waals surface area contributed by atoms with Crippen molar-refractivity contribution in [3.63, 3.8) is 0 Å². The van der Waals surface area contributed by atoms with Crippen LogP contribution in [-0.2, 0) is 6.42 Å². The second-order valence-electron chi connectivity index (χ2n) is 5.66. The first-order chi connectivity index (χ1) is 9.38. The van der Waals surface area contributed by atoms with E-state index < -0.39 is 0 Å². The van der Waals surface area contributed by atoms with Crippen molar-refractivity contribution in [2.75, 3.05) is 0 Å². The lowest BCUT2D eigenvalue weighted by molar-refractivity contribution is 1.09. The van der Waals surface area contributed by atoms with E-state index in [0.717, 1.165) is 6.42 Å². The Morgan fingerprint density at radius 1 is 0.600 bits per heavy atom. The summed E-state index contributed by atoms with van der Waals surface area (Å²) in [5.74, 6) is 0. The number of hydrogen-bond acceptors (Lipinski definition) is 0. The molecule has 0 amide bonds. The summed E-state index contributed by atoms with van der Waals surface area (Å²) < 4.78 is 0. The van der Waals surface area contributed by atoms with Crippen molar-refractivity contribution >= 4 is 0 Å². The average molecular weight is 268 g/mol. The maximum Gasteiger partial charge on any atom is -0.0305 e. The van der Waals surface area contributed by atoms with Crippen LogP contribution < -0.4 is 0 Å². The fourth-order valence-corrected chi connectivity index (χ4v) is 2.29. The van der Waals surface area contributed by atoms with Crippen LogP contribution in [0.25, 0.3) is 0 Å². The maximum absolute atomic E-state index is 2.20. The molecule has 2 rings (SSSR count). The van der Waals surface area contributed by atoms with Crippen LogP contribution in [0, 0.1) is 41.5 Å². The van der Waals surface area contributed by atoms with Gasteiger partial charge in [0.25, 0.3) is 0 Å². The lowest BCUT2D eigenvalue weighted by Gasteiger charge is -2.06. The van der Waals surface area contributed by atoms with Gasteiger partial charge in [-0.25, -0.2) is 0 Å². The molecule has 0 unspecified atom stereocenters. The molecule has 0 saturated carbocycles. The van der Waals surface area contributed by atoms with Gasteiger partial charge < -0.3 is 0 Å². The van der Waals surface area contributed by atoms with Crippen LogP contribution in [0.3, 0.4) is 0 Å². The van der Waals surface area contributed by atoms with Gasteiger partial charge in [0.1, 0.15) is 0 Å². The predicted octanol–water partition coefficient (Wildman–Crippen LogP) is 5.79. The summed E-state index contributed by atoms with van der Waals surface area (Å²) in [4.78, 5) is 0. The van der Waals surface area contributed by atoms with Gasteiger partial charge in [0.2, 0.25) is 0 Å². The minimum absolute atomic E-state index is 1.15. The van der Waals surface area contributed by atoms with Crippen molar-refractivity contribution in [1.82, 2.24) is 0 Å². The van der Waals surface area contributed by atoms with Crippen LogP contribution in [0.4, 0.5) is 0 Å². The zero-order chi connectivity index (χ0) is 15.3. The Hall–Kier alpha value is -1.56. The van der Waals surface area contributed by atoms with E-state index >= 15 is 0 Å². The number of aryl methyl sites for hydroxylation is 4. The van der Waals surface area contributed by atoms with E-state index in [4.69, 9.17) is 0 Å². The summed E-state index contributed by atoms with van der Waals surface area (Å²) in [5, 5.41) is 0. The molecule has 0 aliphatic heterocycles. The smallest absolute Gasteiger partial charge is 0.0305 e. The second-order valence-corrected chi connectivity index (χ2v) is 5.66. The maximum atomic E-state index is 2.20. The zero-order valence-electron chi connectivity index (χ0n) is 14.1. The fourth-order valence-electron chi connectivity index (χ4n) is 2.29. The van der Waals surface area contributed by atoms with Gasteiger partial charge in [-0.05, 0) is 86.9 Å². The molecule has 0 saturated heterocycles. The van der Waals surface area contributed by atoms with Crippen molar-refractivity contribution in [3.05, 3.63) is 69.3 Å². The SMILES string of the molecule is CCc1cccc(C)c1C.Cc1ccc(C)c(C)c1C. The zero-order valence-corrected chi connectivity index (χ0v) is 14.1. The molecule has 2 aromatic carbocycles. The monoisotopic (exact) mass is 268 g/mol. The first kappa shape index (κ1) is 16.5. The van der Waals surface area contributed by atoms with Gasteiger partial charge in [0, 0.05) is 0 Å². The fraction of sp³-hybridized carbons (Fsp3) is 0.400. The molecule has 0 fully saturated rings. The molecule has 0 heteroatoms. The van der Waals surface area contributed by atoms with E-state index in [-0.39, 0.29) is 0 Å². The van der Waals surface area contributed by atoms with Gasteiger partial charge in [-0.15, -0.1) is 0 Å². The van der Waals surface area contributed by atoms with E-state index in [9.17, 15) is 0 Å². The summed E-state index contributed by atoms with van der Waals surface area (Å²) in [7, 11) is 0. The van der Waals surface area contributed by atoms with Gasteiger partial charge in [0.05, 0.1) is 0 Å². The molecule has 2 aromatic rings. The molecule has 0 nitrogen and oxygen atoms in total. The number of benzene rings is 2. The quantitative estimate of drug-likeness (QED) is 0.614. The van der Waals surface area contributed by atoms with Crippen LogP contribution in [-0.4, -0.2) is 0 Å². The highest BCUT2D eigenvalue weighted by atomic mass is 14.0. The standard InChI is InChI=1S/2C10H14/c1-7-5-6-8(2)10(4)9(7)3;1-4-10-7-5-6-8(2)9(10)3/h5-6H,1-4H3;5-7H,4H2,1-3H3. The first-order valence-corrected chi connectivity index (χ1v) is 7.47. The third-order valence-electron chi connectivity index (χ3n) is 4.43. The highest BCUT2D eigenvalue weighted by molar-refractivity contribution is 5.37. The molecule has 0 aromatic heterocycles. The molecule has 0 aliphatic carbocycles.